The first-order chi connectivity index (χ1) is 11.1. The summed E-state index contributed by atoms with van der Waals surface area (Å²) < 4.78 is 1.84. The van der Waals surface area contributed by atoms with Crippen molar-refractivity contribution in [2.45, 2.75) is 19.4 Å². The lowest BCUT2D eigenvalue weighted by Crippen LogP contribution is -2.35. The number of carbonyl (C=O) groups is 1. The van der Waals surface area contributed by atoms with Gasteiger partial charge in [-0.1, -0.05) is 37.3 Å². The van der Waals surface area contributed by atoms with Crippen LogP contribution in [0.25, 0.3) is 10.1 Å². The first-order valence-electron chi connectivity index (χ1n) is 7.40. The van der Waals surface area contributed by atoms with Crippen LogP contribution in [0.3, 0.4) is 0 Å². The van der Waals surface area contributed by atoms with Gasteiger partial charge in [0.1, 0.15) is 11.2 Å². The Hall–Kier alpha value is -2.47. The minimum absolute atomic E-state index is 0.0613. The molecule has 3 rings (SSSR count). The number of amides is 1. The van der Waals surface area contributed by atoms with Gasteiger partial charge in [0.25, 0.3) is 5.56 Å². The molecule has 0 spiro atoms. The summed E-state index contributed by atoms with van der Waals surface area (Å²) in [6, 6.07) is 11.8. The van der Waals surface area contributed by atoms with Crippen molar-refractivity contribution in [2.24, 2.45) is 0 Å². The van der Waals surface area contributed by atoms with Crippen LogP contribution in [0.5, 0.6) is 0 Å². The summed E-state index contributed by atoms with van der Waals surface area (Å²) >= 11 is 1.37. The molecule has 1 atom stereocenters. The molecular formula is C17H17N3O2S. The van der Waals surface area contributed by atoms with Crippen molar-refractivity contribution in [3.63, 3.8) is 0 Å². The number of nitrogens with one attached hydrogen (secondary N) is 1. The summed E-state index contributed by atoms with van der Waals surface area (Å²) in [5, 5.41) is 9.58. The number of rotatable bonds is 5. The van der Waals surface area contributed by atoms with Gasteiger partial charge >= 0.3 is 0 Å². The minimum Gasteiger partial charge on any atom is -0.354 e. The van der Waals surface area contributed by atoms with Crippen LogP contribution in [0.2, 0.25) is 0 Å². The van der Waals surface area contributed by atoms with Crippen LogP contribution < -0.4 is 10.9 Å². The summed E-state index contributed by atoms with van der Waals surface area (Å²) in [6.07, 6.45) is 1.62. The molecule has 118 valence electrons. The van der Waals surface area contributed by atoms with Gasteiger partial charge in [0.15, 0.2) is 0 Å². The Balaban J connectivity index is 1.62. The predicted octanol–water partition coefficient (Wildman–Crippen LogP) is 2.38. The highest BCUT2D eigenvalue weighted by Gasteiger charge is 2.11. The summed E-state index contributed by atoms with van der Waals surface area (Å²) in [7, 11) is 0. The fourth-order valence-corrected chi connectivity index (χ4v) is 3.18. The van der Waals surface area contributed by atoms with E-state index in [-0.39, 0.29) is 23.9 Å². The maximum absolute atomic E-state index is 12.2. The van der Waals surface area contributed by atoms with Crippen molar-refractivity contribution in [1.29, 1.82) is 0 Å². The molecule has 1 amide bonds. The quantitative estimate of drug-likeness (QED) is 0.782. The second-order valence-electron chi connectivity index (χ2n) is 5.43. The molecule has 0 saturated heterocycles. The van der Waals surface area contributed by atoms with Crippen LogP contribution in [0.1, 0.15) is 18.4 Å². The number of nitrogens with zero attached hydrogens (tertiary/aromatic N) is 2. The molecule has 0 fully saturated rings. The SMILES string of the molecule is C[C@@H](CNC(=O)Cn1ncc2ccsc2c1=O)c1ccccc1. The molecule has 1 N–H and O–H groups in total. The Morgan fingerprint density at radius 1 is 1.30 bits per heavy atom. The minimum atomic E-state index is -0.219. The smallest absolute Gasteiger partial charge is 0.285 e. The lowest BCUT2D eigenvalue weighted by atomic mass is 10.0. The normalized spacial score (nSPS) is 12.2. The van der Waals surface area contributed by atoms with Crippen LogP contribution in [0, 0.1) is 0 Å². The third kappa shape index (κ3) is 3.48. The second-order valence-corrected chi connectivity index (χ2v) is 6.34. The fraction of sp³-hybridized carbons (Fsp3) is 0.235. The largest absolute Gasteiger partial charge is 0.354 e. The molecule has 2 heterocycles. The first kappa shape index (κ1) is 15.4. The Bertz CT molecular complexity index is 870. The third-order valence-electron chi connectivity index (χ3n) is 3.73. The van der Waals surface area contributed by atoms with E-state index in [1.54, 1.807) is 6.20 Å². The highest BCUT2D eigenvalue weighted by Crippen LogP contribution is 2.15. The van der Waals surface area contributed by atoms with E-state index in [1.807, 2.05) is 41.8 Å². The summed E-state index contributed by atoms with van der Waals surface area (Å²) in [5.41, 5.74) is 0.951. The van der Waals surface area contributed by atoms with Crippen molar-refractivity contribution in [3.8, 4) is 0 Å². The van der Waals surface area contributed by atoms with Gasteiger partial charge in [0, 0.05) is 11.9 Å². The number of thiophene rings is 1. The average molecular weight is 327 g/mol. The van der Waals surface area contributed by atoms with Crippen molar-refractivity contribution >= 4 is 27.3 Å². The number of benzene rings is 1. The van der Waals surface area contributed by atoms with Gasteiger partial charge in [-0.2, -0.15) is 5.10 Å². The van der Waals surface area contributed by atoms with Crippen LogP contribution in [-0.4, -0.2) is 22.2 Å². The van der Waals surface area contributed by atoms with Gasteiger partial charge in [0.05, 0.1) is 6.20 Å². The zero-order valence-electron chi connectivity index (χ0n) is 12.7. The lowest BCUT2D eigenvalue weighted by Gasteiger charge is -2.13. The van der Waals surface area contributed by atoms with Crippen molar-refractivity contribution in [2.75, 3.05) is 6.54 Å². The van der Waals surface area contributed by atoms with Crippen molar-refractivity contribution in [3.05, 3.63) is 63.9 Å². The standard InChI is InChI=1S/C17H17N3O2S/c1-12(13-5-3-2-4-6-13)9-18-15(21)11-20-17(22)16-14(10-19-20)7-8-23-16/h2-8,10,12H,9,11H2,1H3,(H,18,21)/t12-/m0/s1. The monoisotopic (exact) mass is 327 g/mol. The van der Waals surface area contributed by atoms with Crippen molar-refractivity contribution in [1.82, 2.24) is 15.1 Å². The van der Waals surface area contributed by atoms with E-state index in [2.05, 4.69) is 17.3 Å². The number of fused-ring (bicyclic) bond motifs is 1. The molecule has 5 nitrogen and oxygen atoms in total. The molecule has 0 aliphatic rings. The van der Waals surface area contributed by atoms with Crippen LogP contribution in [0.15, 0.2) is 52.8 Å². The summed E-state index contributed by atoms with van der Waals surface area (Å²) in [4.78, 5) is 24.3. The molecule has 0 radical (unpaired) electrons. The van der Waals surface area contributed by atoms with Gasteiger partial charge in [-0.25, -0.2) is 4.68 Å². The Morgan fingerprint density at radius 3 is 2.87 bits per heavy atom. The Kier molecular flexibility index (Phi) is 4.52. The topological polar surface area (TPSA) is 64.0 Å². The van der Waals surface area contributed by atoms with Crippen LogP contribution in [-0.2, 0) is 11.3 Å². The van der Waals surface area contributed by atoms with Crippen molar-refractivity contribution < 1.29 is 4.79 Å². The van der Waals surface area contributed by atoms with Crippen LogP contribution >= 0.6 is 11.3 Å². The summed E-state index contributed by atoms with van der Waals surface area (Å²) in [6.45, 7) is 2.52. The molecule has 0 aliphatic carbocycles. The number of carbonyl (C=O) groups excluding carboxylic acids is 1. The van der Waals surface area contributed by atoms with Gasteiger partial charge < -0.3 is 5.32 Å². The van der Waals surface area contributed by atoms with E-state index in [9.17, 15) is 9.59 Å². The highest BCUT2D eigenvalue weighted by atomic mass is 32.1. The third-order valence-corrected chi connectivity index (χ3v) is 4.65. The number of hydrogen-bond acceptors (Lipinski definition) is 4. The second kappa shape index (κ2) is 6.75. The fourth-order valence-electron chi connectivity index (χ4n) is 2.37. The highest BCUT2D eigenvalue weighted by molar-refractivity contribution is 7.17. The van der Waals surface area contributed by atoms with E-state index < -0.39 is 0 Å². The molecule has 2 aromatic heterocycles. The lowest BCUT2D eigenvalue weighted by molar-refractivity contribution is -0.121. The molecule has 23 heavy (non-hydrogen) atoms. The number of hydrogen-bond donors (Lipinski definition) is 1. The van der Waals surface area contributed by atoms with Crippen LogP contribution in [0.4, 0.5) is 0 Å². The molecule has 0 saturated carbocycles. The number of aromatic nitrogens is 2. The molecule has 6 heteroatoms. The predicted molar refractivity (Wildman–Crippen MR) is 91.7 cm³/mol. The molecular weight excluding hydrogens is 310 g/mol. The Labute approximate surface area is 137 Å². The zero-order chi connectivity index (χ0) is 16.2. The van der Waals surface area contributed by atoms with E-state index in [0.29, 0.717) is 11.2 Å². The molecule has 0 unspecified atom stereocenters. The molecule has 0 bridgehead atoms. The van der Waals surface area contributed by atoms with Gasteiger partial charge in [-0.15, -0.1) is 11.3 Å². The van der Waals surface area contributed by atoms with Gasteiger partial charge in [-0.3, -0.25) is 9.59 Å². The summed E-state index contributed by atoms with van der Waals surface area (Å²) in [5.74, 6) is 0.00268. The first-order valence-corrected chi connectivity index (χ1v) is 8.28. The van der Waals surface area contributed by atoms with Gasteiger partial charge in [0.2, 0.25) is 5.91 Å². The van der Waals surface area contributed by atoms with E-state index in [0.717, 1.165) is 5.39 Å². The van der Waals surface area contributed by atoms with E-state index in [4.69, 9.17) is 0 Å². The van der Waals surface area contributed by atoms with Gasteiger partial charge in [-0.05, 0) is 22.9 Å². The van der Waals surface area contributed by atoms with E-state index >= 15 is 0 Å². The molecule has 0 aliphatic heterocycles. The maximum atomic E-state index is 12.2. The molecule has 3 aromatic rings. The Morgan fingerprint density at radius 2 is 2.09 bits per heavy atom. The average Bonchev–Trinajstić information content (AvgIpc) is 3.05. The molecule has 1 aromatic carbocycles. The zero-order valence-corrected chi connectivity index (χ0v) is 13.5. The van der Waals surface area contributed by atoms with E-state index in [1.165, 1.54) is 21.6 Å². The maximum Gasteiger partial charge on any atom is 0.285 e.